The van der Waals surface area contributed by atoms with Crippen LogP contribution in [0.2, 0.25) is 0 Å². The van der Waals surface area contributed by atoms with Gasteiger partial charge >= 0.3 is 0 Å². The van der Waals surface area contributed by atoms with E-state index >= 15 is 0 Å². The number of thiophene rings is 1. The van der Waals surface area contributed by atoms with Gasteiger partial charge in [0.05, 0.1) is 16.7 Å². The smallest absolute Gasteiger partial charge is 0.0568 e. The van der Waals surface area contributed by atoms with Crippen molar-refractivity contribution in [1.29, 1.82) is 0 Å². The lowest BCUT2D eigenvalue weighted by atomic mass is 9.93. The van der Waals surface area contributed by atoms with Gasteiger partial charge in [-0.3, -0.25) is 0 Å². The minimum absolute atomic E-state index is 1.12. The van der Waals surface area contributed by atoms with E-state index in [1.165, 1.54) is 96.5 Å². The van der Waals surface area contributed by atoms with Crippen LogP contribution >= 0.6 is 11.3 Å². The summed E-state index contributed by atoms with van der Waals surface area (Å²) in [4.78, 5) is 2.51. The molecule has 13 rings (SSSR count). The fourth-order valence-electron chi connectivity index (χ4n) is 9.78. The first kappa shape index (κ1) is 31.1. The van der Waals surface area contributed by atoms with E-state index in [0.717, 1.165) is 22.7 Å². The number of nitrogens with zero attached hydrogens (tertiary/aromatic N) is 2. The molecule has 0 saturated carbocycles. The van der Waals surface area contributed by atoms with Gasteiger partial charge in [0, 0.05) is 53.4 Å². The summed E-state index contributed by atoms with van der Waals surface area (Å²) in [5, 5.41) is 12.8. The molecule has 0 amide bonds. The Morgan fingerprint density at radius 1 is 0.351 bits per heavy atom. The average molecular weight is 741 g/mol. The molecule has 12 aromatic rings. The second-order valence-electron chi connectivity index (χ2n) is 15.3. The lowest BCUT2D eigenvalue weighted by Gasteiger charge is -2.28. The highest BCUT2D eigenvalue weighted by molar-refractivity contribution is 7.25. The van der Waals surface area contributed by atoms with E-state index < -0.39 is 0 Å². The van der Waals surface area contributed by atoms with Crippen molar-refractivity contribution in [3.05, 3.63) is 194 Å². The van der Waals surface area contributed by atoms with Crippen molar-refractivity contribution >= 4 is 103 Å². The van der Waals surface area contributed by atoms with Crippen LogP contribution in [0.1, 0.15) is 0 Å². The first-order valence-electron chi connectivity index (χ1n) is 19.6. The molecule has 3 heteroatoms. The lowest BCUT2D eigenvalue weighted by Crippen LogP contribution is -2.11. The zero-order valence-corrected chi connectivity index (χ0v) is 31.6. The van der Waals surface area contributed by atoms with Crippen molar-refractivity contribution < 1.29 is 0 Å². The van der Waals surface area contributed by atoms with Crippen LogP contribution in [0.25, 0.3) is 102 Å². The van der Waals surface area contributed by atoms with Gasteiger partial charge in [0.2, 0.25) is 0 Å². The van der Waals surface area contributed by atoms with E-state index in [2.05, 4.69) is 204 Å². The quantitative estimate of drug-likeness (QED) is 0.174. The summed E-state index contributed by atoms with van der Waals surface area (Å²) in [5.74, 6) is 0. The standard InChI is InChI=1S/C54H32N2S/c1-2-17-37(18-3-1)56-48-26-24-34-16-10-22-43-41-20-8-9-21-42(41)46-31-39(32-49(56)53(46)54(48)52(34)43)55(47-23-11-15-33-12-6-7-19-40(33)47)38-25-27-50-45(30-38)44-28-35-13-4-5-14-36(35)29-51(44)57-50/h1-32H. The first-order valence-corrected chi connectivity index (χ1v) is 20.4. The highest BCUT2D eigenvalue weighted by Crippen LogP contribution is 2.52. The number of fused-ring (bicyclic) bond motifs is 8. The molecule has 0 radical (unpaired) electrons. The Hall–Kier alpha value is -7.20. The first-order chi connectivity index (χ1) is 28.3. The zero-order valence-electron chi connectivity index (χ0n) is 30.8. The molecular formula is C54H32N2S. The van der Waals surface area contributed by atoms with E-state index in [1.807, 2.05) is 11.3 Å². The Morgan fingerprint density at radius 3 is 1.91 bits per heavy atom. The number of anilines is 3. The molecule has 264 valence electrons. The molecule has 2 nitrogen and oxygen atoms in total. The van der Waals surface area contributed by atoms with Crippen molar-refractivity contribution in [3.63, 3.8) is 0 Å². The topological polar surface area (TPSA) is 8.17 Å². The molecule has 0 atom stereocenters. The third-order valence-electron chi connectivity index (χ3n) is 12.2. The van der Waals surface area contributed by atoms with Gasteiger partial charge in [-0.25, -0.2) is 0 Å². The average Bonchev–Trinajstić information content (AvgIpc) is 3.76. The van der Waals surface area contributed by atoms with Gasteiger partial charge < -0.3 is 9.47 Å². The molecule has 0 fully saturated rings. The van der Waals surface area contributed by atoms with Crippen molar-refractivity contribution in [1.82, 2.24) is 4.57 Å². The van der Waals surface area contributed by atoms with Gasteiger partial charge in [-0.05, 0) is 116 Å². The fourth-order valence-corrected chi connectivity index (χ4v) is 10.9. The van der Waals surface area contributed by atoms with Gasteiger partial charge in [-0.1, -0.05) is 127 Å². The molecule has 10 aromatic carbocycles. The van der Waals surface area contributed by atoms with Gasteiger partial charge in [-0.15, -0.1) is 11.3 Å². The molecule has 2 heterocycles. The highest BCUT2D eigenvalue weighted by atomic mass is 32.1. The fraction of sp³-hybridized carbons (Fsp3) is 0. The molecule has 2 aromatic heterocycles. The summed E-state index contributed by atoms with van der Waals surface area (Å²) in [6.45, 7) is 0. The summed E-state index contributed by atoms with van der Waals surface area (Å²) in [5.41, 5.74) is 12.0. The maximum Gasteiger partial charge on any atom is 0.0568 e. The molecule has 0 bridgehead atoms. The third-order valence-corrected chi connectivity index (χ3v) is 13.4. The Balaban J connectivity index is 1.18. The summed E-state index contributed by atoms with van der Waals surface area (Å²) >= 11 is 1.88. The minimum Gasteiger partial charge on any atom is -0.310 e. The number of rotatable bonds is 4. The Kier molecular flexibility index (Phi) is 6.35. The van der Waals surface area contributed by atoms with E-state index in [4.69, 9.17) is 0 Å². The molecule has 0 spiro atoms. The highest BCUT2D eigenvalue weighted by Gasteiger charge is 2.27. The lowest BCUT2D eigenvalue weighted by molar-refractivity contribution is 1.18. The monoisotopic (exact) mass is 740 g/mol. The SMILES string of the molecule is c1ccc(-n2c3cc(N(c4ccc5sc6cc7ccccc7cc6c5c4)c4cccc5ccccc45)cc4c3c3c5c(cccc5ccc32)-c2ccccc2-4)cc1. The van der Waals surface area contributed by atoms with E-state index in [9.17, 15) is 0 Å². The van der Waals surface area contributed by atoms with Crippen molar-refractivity contribution in [2.45, 2.75) is 0 Å². The molecule has 0 saturated heterocycles. The Labute approximate surface area is 332 Å². The predicted octanol–water partition coefficient (Wildman–Crippen LogP) is 15.7. The number of hydrogen-bond donors (Lipinski definition) is 0. The summed E-state index contributed by atoms with van der Waals surface area (Å²) in [6.07, 6.45) is 0. The van der Waals surface area contributed by atoms with Crippen molar-refractivity contribution in [2.75, 3.05) is 4.90 Å². The summed E-state index contributed by atoms with van der Waals surface area (Å²) in [6, 6.07) is 72.2. The van der Waals surface area contributed by atoms with Crippen LogP contribution in [0.4, 0.5) is 17.1 Å². The van der Waals surface area contributed by atoms with Crippen LogP contribution in [-0.4, -0.2) is 4.57 Å². The van der Waals surface area contributed by atoms with E-state index in [1.54, 1.807) is 0 Å². The number of aromatic nitrogens is 1. The molecular weight excluding hydrogens is 709 g/mol. The van der Waals surface area contributed by atoms with Gasteiger partial charge in [0.1, 0.15) is 0 Å². The second-order valence-corrected chi connectivity index (χ2v) is 16.4. The molecule has 0 N–H and O–H groups in total. The second kappa shape index (κ2) is 11.7. The van der Waals surface area contributed by atoms with Crippen molar-refractivity contribution in [2.24, 2.45) is 0 Å². The third kappa shape index (κ3) is 4.40. The maximum absolute atomic E-state index is 2.51. The van der Waals surface area contributed by atoms with Crippen LogP contribution in [-0.2, 0) is 0 Å². The van der Waals surface area contributed by atoms with E-state index in [0.29, 0.717) is 0 Å². The van der Waals surface area contributed by atoms with Crippen molar-refractivity contribution in [3.8, 4) is 27.9 Å². The molecule has 0 unspecified atom stereocenters. The van der Waals surface area contributed by atoms with Gasteiger partial charge in [0.25, 0.3) is 0 Å². The van der Waals surface area contributed by atoms with Gasteiger partial charge in [-0.2, -0.15) is 0 Å². The Morgan fingerprint density at radius 2 is 1.04 bits per heavy atom. The van der Waals surface area contributed by atoms with Crippen LogP contribution < -0.4 is 4.90 Å². The number of para-hydroxylation sites is 1. The van der Waals surface area contributed by atoms with Crippen LogP contribution in [0.15, 0.2) is 194 Å². The molecule has 1 aliphatic carbocycles. The number of benzene rings is 10. The summed E-state index contributed by atoms with van der Waals surface area (Å²) < 4.78 is 5.10. The van der Waals surface area contributed by atoms with Crippen LogP contribution in [0.3, 0.4) is 0 Å². The van der Waals surface area contributed by atoms with Crippen LogP contribution in [0, 0.1) is 0 Å². The maximum atomic E-state index is 2.51. The van der Waals surface area contributed by atoms with Gasteiger partial charge in [0.15, 0.2) is 0 Å². The predicted molar refractivity (Wildman–Crippen MR) is 245 cm³/mol. The molecule has 1 aliphatic rings. The normalized spacial score (nSPS) is 12.2. The largest absolute Gasteiger partial charge is 0.310 e. The zero-order chi connectivity index (χ0) is 37.2. The van der Waals surface area contributed by atoms with Crippen LogP contribution in [0.5, 0.6) is 0 Å². The number of hydrogen-bond acceptors (Lipinski definition) is 2. The van der Waals surface area contributed by atoms with E-state index in [-0.39, 0.29) is 0 Å². The Bertz CT molecular complexity index is 3640. The minimum atomic E-state index is 1.12. The molecule has 0 aliphatic heterocycles. The summed E-state index contributed by atoms with van der Waals surface area (Å²) in [7, 11) is 0. The molecule has 57 heavy (non-hydrogen) atoms.